The molecular weight excluding hydrogens is 193 g/mol. The van der Waals surface area contributed by atoms with Crippen molar-refractivity contribution in [1.29, 1.82) is 0 Å². The zero-order chi connectivity index (χ0) is 10.7. The Hall–Kier alpha value is -2.11. The Bertz CT molecular complexity index is 391. The fourth-order valence-electron chi connectivity index (χ4n) is 0.817. The smallest absolute Gasteiger partial charge is 0.411 e. The van der Waals surface area contributed by atoms with Crippen molar-refractivity contribution in [2.75, 3.05) is 0 Å². The molecule has 2 amide bonds. The molecule has 0 fully saturated rings. The number of nitrogens with one attached hydrogen (secondary N) is 1. The zero-order valence-corrected chi connectivity index (χ0v) is 6.82. The summed E-state index contributed by atoms with van der Waals surface area (Å²) in [6.45, 7) is 0. The first-order chi connectivity index (χ1) is 6.50. The van der Waals surface area contributed by atoms with Crippen molar-refractivity contribution in [3.05, 3.63) is 29.6 Å². The van der Waals surface area contributed by atoms with Crippen molar-refractivity contribution in [2.24, 2.45) is 0 Å². The molecular formula is C8H6FNO4. The van der Waals surface area contributed by atoms with Crippen LogP contribution in [-0.4, -0.2) is 22.2 Å². The molecule has 0 saturated heterocycles. The number of rotatable bonds is 1. The molecule has 0 atom stereocenters. The van der Waals surface area contributed by atoms with E-state index < -0.39 is 23.6 Å². The van der Waals surface area contributed by atoms with Gasteiger partial charge in [-0.15, -0.1) is 0 Å². The summed E-state index contributed by atoms with van der Waals surface area (Å²) in [6.07, 6.45) is -1.52. The molecule has 0 aliphatic rings. The maximum Gasteiger partial charge on any atom is 0.411 e. The number of hydrogen-bond acceptors (Lipinski definition) is 3. The van der Waals surface area contributed by atoms with Crippen LogP contribution >= 0.6 is 0 Å². The van der Waals surface area contributed by atoms with Crippen LogP contribution in [0.5, 0.6) is 5.75 Å². The van der Waals surface area contributed by atoms with E-state index in [-0.39, 0.29) is 5.56 Å². The normalized spacial score (nSPS) is 9.50. The van der Waals surface area contributed by atoms with Crippen molar-refractivity contribution < 1.29 is 24.2 Å². The van der Waals surface area contributed by atoms with Crippen LogP contribution in [0.3, 0.4) is 0 Å². The van der Waals surface area contributed by atoms with Crippen LogP contribution in [0.2, 0.25) is 0 Å². The minimum absolute atomic E-state index is 0.178. The summed E-state index contributed by atoms with van der Waals surface area (Å²) >= 11 is 0. The third-order valence-corrected chi connectivity index (χ3v) is 1.43. The SMILES string of the molecule is O=C(O)NC(=O)c1ccc(O)c(F)c1. The maximum absolute atomic E-state index is 12.7. The van der Waals surface area contributed by atoms with E-state index in [1.54, 1.807) is 0 Å². The molecule has 0 aromatic heterocycles. The van der Waals surface area contributed by atoms with E-state index in [9.17, 15) is 14.0 Å². The average molecular weight is 199 g/mol. The minimum atomic E-state index is -1.52. The molecule has 0 bridgehead atoms. The predicted molar refractivity (Wildman–Crippen MR) is 43.6 cm³/mol. The highest BCUT2D eigenvalue weighted by atomic mass is 19.1. The van der Waals surface area contributed by atoms with Crippen LogP contribution in [0.4, 0.5) is 9.18 Å². The van der Waals surface area contributed by atoms with Crippen LogP contribution in [0.25, 0.3) is 0 Å². The summed E-state index contributed by atoms with van der Waals surface area (Å²) < 4.78 is 12.7. The first kappa shape index (κ1) is 9.97. The zero-order valence-electron chi connectivity index (χ0n) is 6.82. The van der Waals surface area contributed by atoms with Crippen LogP contribution < -0.4 is 5.32 Å². The van der Waals surface area contributed by atoms with Crippen molar-refractivity contribution in [1.82, 2.24) is 5.32 Å². The second-order valence-corrected chi connectivity index (χ2v) is 2.43. The van der Waals surface area contributed by atoms with Gasteiger partial charge in [-0.2, -0.15) is 0 Å². The fourth-order valence-corrected chi connectivity index (χ4v) is 0.817. The molecule has 0 spiro atoms. The lowest BCUT2D eigenvalue weighted by Crippen LogP contribution is -2.28. The van der Waals surface area contributed by atoms with E-state index in [1.165, 1.54) is 5.32 Å². The maximum atomic E-state index is 12.7. The number of phenolic OH excluding ortho intramolecular Hbond substituents is 1. The van der Waals surface area contributed by atoms with E-state index in [4.69, 9.17) is 10.2 Å². The number of carboxylic acid groups (broad SMARTS) is 1. The Kier molecular flexibility index (Phi) is 2.66. The third-order valence-electron chi connectivity index (χ3n) is 1.43. The highest BCUT2D eigenvalue weighted by molar-refractivity contribution is 6.02. The van der Waals surface area contributed by atoms with E-state index in [1.807, 2.05) is 0 Å². The van der Waals surface area contributed by atoms with E-state index in [0.717, 1.165) is 18.2 Å². The lowest BCUT2D eigenvalue weighted by atomic mass is 10.2. The number of hydrogen-bond donors (Lipinski definition) is 3. The lowest BCUT2D eigenvalue weighted by Gasteiger charge is -2.00. The van der Waals surface area contributed by atoms with E-state index in [2.05, 4.69) is 0 Å². The summed E-state index contributed by atoms with van der Waals surface area (Å²) in [5.74, 6) is -2.53. The number of imide groups is 1. The summed E-state index contributed by atoms with van der Waals surface area (Å²) in [5, 5.41) is 18.5. The molecule has 0 heterocycles. The fraction of sp³-hybridized carbons (Fsp3) is 0. The molecule has 0 aliphatic carbocycles. The first-order valence-electron chi connectivity index (χ1n) is 3.53. The van der Waals surface area contributed by atoms with Crippen LogP contribution in [-0.2, 0) is 0 Å². The van der Waals surface area contributed by atoms with Gasteiger partial charge in [0.05, 0.1) is 0 Å². The number of benzene rings is 1. The number of phenols is 1. The Morgan fingerprint density at radius 1 is 1.36 bits per heavy atom. The van der Waals surface area contributed by atoms with Crippen LogP contribution in [0.1, 0.15) is 10.4 Å². The van der Waals surface area contributed by atoms with Gasteiger partial charge in [0, 0.05) is 5.56 Å². The molecule has 3 N–H and O–H groups in total. The first-order valence-corrected chi connectivity index (χ1v) is 3.53. The molecule has 74 valence electrons. The summed E-state index contributed by atoms with van der Waals surface area (Å²) in [7, 11) is 0. The highest BCUT2D eigenvalue weighted by Crippen LogP contribution is 2.15. The van der Waals surface area contributed by atoms with Gasteiger partial charge < -0.3 is 10.2 Å². The molecule has 0 saturated carbocycles. The summed E-state index contributed by atoms with van der Waals surface area (Å²) in [5.41, 5.74) is -0.178. The molecule has 1 aromatic rings. The number of halogens is 1. The van der Waals surface area contributed by atoms with Gasteiger partial charge in [-0.25, -0.2) is 9.18 Å². The Morgan fingerprint density at radius 2 is 2.00 bits per heavy atom. The third kappa shape index (κ3) is 2.19. The number of aromatic hydroxyl groups is 1. The lowest BCUT2D eigenvalue weighted by molar-refractivity contribution is 0.0947. The van der Waals surface area contributed by atoms with Gasteiger partial charge in [0.1, 0.15) is 0 Å². The summed E-state index contributed by atoms with van der Waals surface area (Å²) in [4.78, 5) is 21.0. The molecule has 14 heavy (non-hydrogen) atoms. The van der Waals surface area contributed by atoms with Gasteiger partial charge in [0.2, 0.25) is 0 Å². The molecule has 5 nitrogen and oxygen atoms in total. The predicted octanol–water partition coefficient (Wildman–Crippen LogP) is 0.939. The van der Waals surface area contributed by atoms with Gasteiger partial charge in [-0.05, 0) is 18.2 Å². The highest BCUT2D eigenvalue weighted by Gasteiger charge is 2.10. The van der Waals surface area contributed by atoms with Crippen molar-refractivity contribution in [3.8, 4) is 5.75 Å². The van der Waals surface area contributed by atoms with Crippen LogP contribution in [0, 0.1) is 5.82 Å². The second kappa shape index (κ2) is 3.73. The Balaban J connectivity index is 2.91. The monoisotopic (exact) mass is 199 g/mol. The number of amides is 2. The number of carbonyl (C=O) groups is 2. The van der Waals surface area contributed by atoms with Gasteiger partial charge in [-0.1, -0.05) is 0 Å². The van der Waals surface area contributed by atoms with Gasteiger partial charge in [0.15, 0.2) is 11.6 Å². The minimum Gasteiger partial charge on any atom is -0.505 e. The topological polar surface area (TPSA) is 86.6 Å². The molecule has 0 aliphatic heterocycles. The van der Waals surface area contributed by atoms with Crippen molar-refractivity contribution >= 4 is 12.0 Å². The van der Waals surface area contributed by atoms with Gasteiger partial charge >= 0.3 is 6.09 Å². The Labute approximate surface area is 77.8 Å². The molecule has 0 radical (unpaired) electrons. The molecule has 6 heteroatoms. The van der Waals surface area contributed by atoms with E-state index >= 15 is 0 Å². The van der Waals surface area contributed by atoms with Gasteiger partial charge in [0.25, 0.3) is 5.91 Å². The molecule has 1 aromatic carbocycles. The Morgan fingerprint density at radius 3 is 2.50 bits per heavy atom. The van der Waals surface area contributed by atoms with Crippen LogP contribution in [0.15, 0.2) is 18.2 Å². The molecule has 0 unspecified atom stereocenters. The standard InChI is InChI=1S/C8H6FNO4/c9-5-3-4(1-2-6(5)11)7(12)10-8(13)14/h1-3,11H,(H,10,12)(H,13,14). The average Bonchev–Trinajstić information content (AvgIpc) is 2.08. The van der Waals surface area contributed by atoms with Gasteiger partial charge in [-0.3, -0.25) is 10.1 Å². The molecule has 1 rings (SSSR count). The second-order valence-electron chi connectivity index (χ2n) is 2.43. The summed E-state index contributed by atoms with van der Waals surface area (Å²) in [6, 6.07) is 2.82. The van der Waals surface area contributed by atoms with Crippen molar-refractivity contribution in [3.63, 3.8) is 0 Å². The quantitative estimate of drug-likeness (QED) is 0.628. The largest absolute Gasteiger partial charge is 0.505 e. The van der Waals surface area contributed by atoms with Crippen molar-refractivity contribution in [2.45, 2.75) is 0 Å². The number of carbonyl (C=O) groups excluding carboxylic acids is 1. The van der Waals surface area contributed by atoms with E-state index in [0.29, 0.717) is 0 Å².